The van der Waals surface area contributed by atoms with Crippen molar-refractivity contribution < 1.29 is 0 Å². The molecule has 2 fully saturated rings. The second-order valence-corrected chi connectivity index (χ2v) is 6.05. The molecule has 0 radical (unpaired) electrons. The van der Waals surface area contributed by atoms with Gasteiger partial charge in [-0.2, -0.15) is 0 Å². The lowest BCUT2D eigenvalue weighted by molar-refractivity contribution is 0.147. The van der Waals surface area contributed by atoms with Gasteiger partial charge < -0.3 is 0 Å². The van der Waals surface area contributed by atoms with E-state index in [0.29, 0.717) is 0 Å². The Labute approximate surface area is 102 Å². The van der Waals surface area contributed by atoms with E-state index in [2.05, 4.69) is 37.8 Å². The highest BCUT2D eigenvalue weighted by atomic mass is 127. The Kier molecular flexibility index (Phi) is 4.08. The summed E-state index contributed by atoms with van der Waals surface area (Å²) in [6.07, 6.45) is 5.80. The lowest BCUT2D eigenvalue weighted by Crippen LogP contribution is -2.46. The molecule has 2 atom stereocenters. The molecule has 0 aromatic heterocycles. The van der Waals surface area contributed by atoms with Crippen molar-refractivity contribution in [2.45, 2.75) is 38.6 Å². The van der Waals surface area contributed by atoms with E-state index in [9.17, 15) is 0 Å². The van der Waals surface area contributed by atoms with Crippen LogP contribution in [0.4, 0.5) is 0 Å². The number of hydrogen-bond donors (Lipinski definition) is 0. The molecule has 3 heteroatoms. The van der Waals surface area contributed by atoms with Gasteiger partial charge in [0.05, 0.1) is 0 Å². The van der Waals surface area contributed by atoms with Gasteiger partial charge in [-0.15, -0.1) is 0 Å². The molecule has 1 heterocycles. The fourth-order valence-corrected chi connectivity index (χ4v) is 3.25. The molecule has 0 spiro atoms. The smallest absolute Gasteiger partial charge is 0.0209 e. The molecular weight excluding hydrogens is 287 g/mol. The molecule has 1 aliphatic heterocycles. The highest BCUT2D eigenvalue weighted by Crippen LogP contribution is 2.31. The van der Waals surface area contributed by atoms with Crippen LogP contribution in [-0.4, -0.2) is 40.2 Å². The van der Waals surface area contributed by atoms with E-state index in [1.165, 1.54) is 51.9 Å². The average Bonchev–Trinajstić information content (AvgIpc) is 2.67. The number of hydrogen-bond acceptors (Lipinski definition) is 2. The standard InChI is InChI=1S/C11H21IN2/c1-2-10-3-4-11(9-10)13-5-7-14(12)8-6-13/h10-11H,2-9H2,1H3. The minimum absolute atomic E-state index is 0.921. The van der Waals surface area contributed by atoms with Crippen LogP contribution in [0.3, 0.4) is 0 Å². The topological polar surface area (TPSA) is 6.48 Å². The summed E-state index contributed by atoms with van der Waals surface area (Å²) < 4.78 is 2.42. The minimum atomic E-state index is 0.921. The van der Waals surface area contributed by atoms with Crippen LogP contribution in [0.1, 0.15) is 32.6 Å². The maximum absolute atomic E-state index is 2.73. The van der Waals surface area contributed by atoms with Gasteiger partial charge >= 0.3 is 0 Å². The zero-order valence-electron chi connectivity index (χ0n) is 9.08. The van der Waals surface area contributed by atoms with Crippen LogP contribution in [0.25, 0.3) is 0 Å². The molecule has 1 saturated carbocycles. The molecule has 2 nitrogen and oxygen atoms in total. The molecule has 82 valence electrons. The number of nitrogens with zero attached hydrogens (tertiary/aromatic N) is 2. The van der Waals surface area contributed by atoms with Gasteiger partial charge in [-0.1, -0.05) is 13.3 Å². The maximum atomic E-state index is 2.73. The molecule has 2 unspecified atom stereocenters. The zero-order chi connectivity index (χ0) is 9.97. The van der Waals surface area contributed by atoms with Crippen molar-refractivity contribution in [3.8, 4) is 0 Å². The molecule has 0 N–H and O–H groups in total. The van der Waals surface area contributed by atoms with E-state index in [1.54, 1.807) is 0 Å². The first kappa shape index (κ1) is 11.1. The maximum Gasteiger partial charge on any atom is 0.0209 e. The first-order valence-corrected chi connectivity index (χ1v) is 6.91. The summed E-state index contributed by atoms with van der Waals surface area (Å²) >= 11 is 2.45. The number of piperazine rings is 1. The van der Waals surface area contributed by atoms with E-state index in [4.69, 9.17) is 0 Å². The highest BCUT2D eigenvalue weighted by molar-refractivity contribution is 14.1. The molecule has 0 bridgehead atoms. The van der Waals surface area contributed by atoms with Gasteiger partial charge in [-0.3, -0.25) is 4.90 Å². The Morgan fingerprint density at radius 2 is 1.86 bits per heavy atom. The van der Waals surface area contributed by atoms with Gasteiger partial charge in [0.15, 0.2) is 0 Å². The van der Waals surface area contributed by atoms with Crippen molar-refractivity contribution in [2.24, 2.45) is 5.92 Å². The third-order valence-electron chi connectivity index (χ3n) is 3.87. The van der Waals surface area contributed by atoms with E-state index in [1.807, 2.05) is 0 Å². The van der Waals surface area contributed by atoms with E-state index in [0.717, 1.165) is 12.0 Å². The lowest BCUT2D eigenvalue weighted by atomic mass is 10.1. The van der Waals surface area contributed by atoms with Crippen LogP contribution < -0.4 is 0 Å². The Morgan fingerprint density at radius 3 is 2.43 bits per heavy atom. The predicted molar refractivity (Wildman–Crippen MR) is 68.6 cm³/mol. The van der Waals surface area contributed by atoms with Crippen molar-refractivity contribution in [2.75, 3.05) is 26.2 Å². The van der Waals surface area contributed by atoms with Gasteiger partial charge in [0.2, 0.25) is 0 Å². The molecule has 14 heavy (non-hydrogen) atoms. The van der Waals surface area contributed by atoms with Gasteiger partial charge in [0.1, 0.15) is 0 Å². The molecule has 2 rings (SSSR count). The van der Waals surface area contributed by atoms with Crippen LogP contribution >= 0.6 is 22.9 Å². The van der Waals surface area contributed by atoms with E-state index >= 15 is 0 Å². The SMILES string of the molecule is CCC1CCC(N2CCN(I)CC2)C1. The van der Waals surface area contributed by atoms with Crippen molar-refractivity contribution >= 4 is 22.9 Å². The summed E-state index contributed by atoms with van der Waals surface area (Å²) in [5.74, 6) is 1.03. The second-order valence-electron chi connectivity index (χ2n) is 4.69. The van der Waals surface area contributed by atoms with Crippen LogP contribution in [0.5, 0.6) is 0 Å². The van der Waals surface area contributed by atoms with Crippen LogP contribution in [-0.2, 0) is 0 Å². The average molecular weight is 308 g/mol. The predicted octanol–water partition coefficient (Wildman–Crippen LogP) is 2.53. The van der Waals surface area contributed by atoms with Crippen molar-refractivity contribution in [1.82, 2.24) is 8.01 Å². The largest absolute Gasteiger partial charge is 0.298 e. The van der Waals surface area contributed by atoms with Gasteiger partial charge in [0.25, 0.3) is 0 Å². The first-order chi connectivity index (χ1) is 6.79. The second kappa shape index (κ2) is 5.12. The fraction of sp³-hybridized carbons (Fsp3) is 1.00. The van der Waals surface area contributed by atoms with Crippen molar-refractivity contribution in [3.63, 3.8) is 0 Å². The van der Waals surface area contributed by atoms with Crippen LogP contribution in [0, 0.1) is 5.92 Å². The van der Waals surface area contributed by atoms with Gasteiger partial charge in [-0.05, 0) is 25.2 Å². The summed E-state index contributed by atoms with van der Waals surface area (Å²) in [4.78, 5) is 2.73. The summed E-state index contributed by atoms with van der Waals surface area (Å²) in [6.45, 7) is 7.45. The zero-order valence-corrected chi connectivity index (χ0v) is 11.2. The Balaban J connectivity index is 1.79. The molecule has 0 aromatic rings. The van der Waals surface area contributed by atoms with Gasteiger partial charge in [-0.25, -0.2) is 3.11 Å². The van der Waals surface area contributed by atoms with Crippen LogP contribution in [0.15, 0.2) is 0 Å². The number of halogens is 1. The van der Waals surface area contributed by atoms with Gasteiger partial charge in [0, 0.05) is 55.1 Å². The summed E-state index contributed by atoms with van der Waals surface area (Å²) in [6, 6.07) is 0.921. The Hall–Kier alpha value is 0.650. The Bertz CT molecular complexity index is 178. The third kappa shape index (κ3) is 2.61. The molecule has 0 aromatic carbocycles. The molecular formula is C11H21IN2. The van der Waals surface area contributed by atoms with E-state index < -0.39 is 0 Å². The van der Waals surface area contributed by atoms with Crippen LogP contribution in [0.2, 0.25) is 0 Å². The number of rotatable bonds is 2. The minimum Gasteiger partial charge on any atom is -0.298 e. The summed E-state index contributed by atoms with van der Waals surface area (Å²) in [7, 11) is 0. The van der Waals surface area contributed by atoms with Crippen molar-refractivity contribution in [3.05, 3.63) is 0 Å². The third-order valence-corrected chi connectivity index (χ3v) is 4.83. The molecule has 1 aliphatic carbocycles. The normalized spacial score (nSPS) is 36.4. The highest BCUT2D eigenvalue weighted by Gasteiger charge is 2.29. The molecule has 1 saturated heterocycles. The summed E-state index contributed by atoms with van der Waals surface area (Å²) in [5.41, 5.74) is 0. The fourth-order valence-electron chi connectivity index (χ4n) is 2.81. The monoisotopic (exact) mass is 308 g/mol. The quantitative estimate of drug-likeness (QED) is 0.571. The first-order valence-electron chi connectivity index (χ1n) is 5.94. The van der Waals surface area contributed by atoms with E-state index in [-0.39, 0.29) is 0 Å². The Morgan fingerprint density at radius 1 is 1.14 bits per heavy atom. The molecule has 2 aliphatic rings. The lowest BCUT2D eigenvalue weighted by Gasteiger charge is -2.35. The summed E-state index contributed by atoms with van der Waals surface area (Å²) in [5, 5.41) is 0. The molecule has 0 amide bonds. The van der Waals surface area contributed by atoms with Crippen molar-refractivity contribution in [1.29, 1.82) is 0 Å².